The molecule has 0 spiro atoms. The lowest BCUT2D eigenvalue weighted by Gasteiger charge is -2.08. The van der Waals surface area contributed by atoms with Crippen molar-refractivity contribution in [2.75, 3.05) is 6.61 Å². The first kappa shape index (κ1) is 20.5. The van der Waals surface area contributed by atoms with E-state index in [0.717, 1.165) is 24.2 Å². The van der Waals surface area contributed by atoms with Gasteiger partial charge in [-0.3, -0.25) is 4.79 Å². The molecular weight excluding hydrogens is 394 g/mol. The van der Waals surface area contributed by atoms with Crippen LogP contribution in [0.4, 0.5) is 11.4 Å². The van der Waals surface area contributed by atoms with Crippen molar-refractivity contribution in [3.05, 3.63) is 77.1 Å². The molecule has 1 aliphatic carbocycles. The zero-order valence-electron chi connectivity index (χ0n) is 17.4. The highest BCUT2D eigenvalue weighted by atomic mass is 16.5. The number of ketones is 1. The van der Waals surface area contributed by atoms with Crippen LogP contribution in [-0.2, 0) is 4.74 Å². The third-order valence-electron chi connectivity index (χ3n) is 5.28. The van der Waals surface area contributed by atoms with E-state index in [9.17, 15) is 14.7 Å². The Morgan fingerprint density at radius 1 is 1.03 bits per heavy atom. The van der Waals surface area contributed by atoms with Gasteiger partial charge in [-0.2, -0.15) is 5.11 Å². The van der Waals surface area contributed by atoms with Crippen molar-refractivity contribution >= 4 is 23.1 Å². The number of esters is 1. The number of Topliss-reactive ketones (excluding diaryl/α,β-unsaturated/α-hetero) is 1. The van der Waals surface area contributed by atoms with E-state index >= 15 is 0 Å². The number of aromatic hydroxyl groups is 1. The summed E-state index contributed by atoms with van der Waals surface area (Å²) in [5.41, 5.74) is 3.65. The number of carbonyl (C=O) groups is 2. The monoisotopic (exact) mass is 417 g/mol. The van der Waals surface area contributed by atoms with Gasteiger partial charge in [-0.25, -0.2) is 4.79 Å². The first-order chi connectivity index (χ1) is 14.9. The van der Waals surface area contributed by atoms with E-state index in [1.54, 1.807) is 36.4 Å². The van der Waals surface area contributed by atoms with Crippen molar-refractivity contribution in [2.24, 2.45) is 10.2 Å². The normalized spacial score (nSPS) is 13.5. The van der Waals surface area contributed by atoms with Crippen LogP contribution in [0.5, 0.6) is 5.75 Å². The number of rotatable bonds is 7. The number of benzene rings is 2. The van der Waals surface area contributed by atoms with E-state index in [1.807, 2.05) is 19.9 Å². The zero-order chi connectivity index (χ0) is 22.0. The van der Waals surface area contributed by atoms with Gasteiger partial charge in [0.25, 0.3) is 0 Å². The molecule has 0 aliphatic heterocycles. The minimum Gasteiger partial charge on any atom is -0.508 e. The average Bonchev–Trinajstić information content (AvgIpc) is 3.55. The number of aryl methyl sites for hydroxylation is 1. The molecule has 4 rings (SSSR count). The van der Waals surface area contributed by atoms with Crippen LogP contribution in [0, 0.1) is 13.8 Å². The summed E-state index contributed by atoms with van der Waals surface area (Å²) in [5, 5.41) is 17.6. The molecule has 1 heterocycles. The number of hydrogen-bond donors (Lipinski definition) is 1. The Balaban J connectivity index is 1.45. The van der Waals surface area contributed by atoms with Crippen LogP contribution in [0.1, 0.15) is 51.0 Å². The standard InChI is InChI=1S/C24H23N3O4/c1-15-13-21(16(2)27(15)18-9-10-18)23(29)14-31-24(30)20-5-3-4-6-22(20)26-25-17-7-11-19(28)12-8-17/h3-8,11-13,18,28H,9-10,14H2,1-2H3. The predicted molar refractivity (Wildman–Crippen MR) is 116 cm³/mol. The Labute approximate surface area is 180 Å². The highest BCUT2D eigenvalue weighted by molar-refractivity contribution is 6.01. The fourth-order valence-electron chi connectivity index (χ4n) is 3.60. The predicted octanol–water partition coefficient (Wildman–Crippen LogP) is 5.60. The Hall–Kier alpha value is -3.74. The molecule has 2 aromatic carbocycles. The Morgan fingerprint density at radius 2 is 1.74 bits per heavy atom. The maximum absolute atomic E-state index is 12.7. The number of hydrogen-bond acceptors (Lipinski definition) is 6. The molecule has 3 aromatic rings. The minimum atomic E-state index is -0.635. The lowest BCUT2D eigenvalue weighted by atomic mass is 10.1. The smallest absolute Gasteiger partial charge is 0.340 e. The maximum Gasteiger partial charge on any atom is 0.340 e. The molecule has 31 heavy (non-hydrogen) atoms. The number of azo groups is 1. The van der Waals surface area contributed by atoms with Gasteiger partial charge in [0, 0.05) is 23.0 Å². The van der Waals surface area contributed by atoms with Crippen molar-refractivity contribution in [3.63, 3.8) is 0 Å². The number of nitrogens with zero attached hydrogens (tertiary/aromatic N) is 3. The topological polar surface area (TPSA) is 93.2 Å². The molecule has 0 saturated heterocycles. The molecule has 1 aliphatic rings. The van der Waals surface area contributed by atoms with Crippen LogP contribution in [0.15, 0.2) is 64.8 Å². The van der Waals surface area contributed by atoms with Crippen LogP contribution in [0.3, 0.4) is 0 Å². The van der Waals surface area contributed by atoms with Gasteiger partial charge in [-0.05, 0) is 69.2 Å². The summed E-state index contributed by atoms with van der Waals surface area (Å²) in [6.45, 7) is 3.58. The minimum absolute atomic E-state index is 0.130. The molecule has 0 unspecified atom stereocenters. The number of aromatic nitrogens is 1. The SMILES string of the molecule is Cc1cc(C(=O)COC(=O)c2ccccc2N=Nc2ccc(O)cc2)c(C)n1C1CC1. The molecule has 7 nitrogen and oxygen atoms in total. The molecule has 1 fully saturated rings. The molecule has 1 N–H and O–H groups in total. The molecule has 1 aromatic heterocycles. The summed E-state index contributed by atoms with van der Waals surface area (Å²) in [6.07, 6.45) is 2.27. The second-order valence-electron chi connectivity index (χ2n) is 7.62. The van der Waals surface area contributed by atoms with Crippen LogP contribution < -0.4 is 0 Å². The maximum atomic E-state index is 12.7. The fourth-order valence-corrected chi connectivity index (χ4v) is 3.60. The first-order valence-corrected chi connectivity index (χ1v) is 10.1. The van der Waals surface area contributed by atoms with E-state index in [2.05, 4.69) is 14.8 Å². The summed E-state index contributed by atoms with van der Waals surface area (Å²) >= 11 is 0. The Kier molecular flexibility index (Phi) is 5.66. The van der Waals surface area contributed by atoms with Gasteiger partial charge in [0.15, 0.2) is 6.61 Å². The van der Waals surface area contributed by atoms with Gasteiger partial charge in [-0.15, -0.1) is 5.11 Å². The Bertz CT molecular complexity index is 1160. The number of ether oxygens (including phenoxy) is 1. The van der Waals surface area contributed by atoms with Crippen molar-refractivity contribution in [1.82, 2.24) is 4.57 Å². The van der Waals surface area contributed by atoms with Gasteiger partial charge >= 0.3 is 5.97 Å². The Morgan fingerprint density at radius 3 is 2.45 bits per heavy atom. The van der Waals surface area contributed by atoms with Crippen LogP contribution in [0.2, 0.25) is 0 Å². The fraction of sp³-hybridized carbons (Fsp3) is 0.250. The van der Waals surface area contributed by atoms with E-state index in [0.29, 0.717) is 23.0 Å². The van der Waals surface area contributed by atoms with Crippen molar-refractivity contribution in [1.29, 1.82) is 0 Å². The molecule has 0 radical (unpaired) electrons. The zero-order valence-corrected chi connectivity index (χ0v) is 17.4. The van der Waals surface area contributed by atoms with Crippen molar-refractivity contribution < 1.29 is 19.4 Å². The van der Waals surface area contributed by atoms with Crippen LogP contribution >= 0.6 is 0 Å². The summed E-state index contributed by atoms with van der Waals surface area (Å²) in [6, 6.07) is 15.2. The van der Waals surface area contributed by atoms with E-state index in [-0.39, 0.29) is 23.7 Å². The molecule has 0 atom stereocenters. The molecule has 7 heteroatoms. The lowest BCUT2D eigenvalue weighted by Crippen LogP contribution is -2.15. The van der Waals surface area contributed by atoms with Crippen molar-refractivity contribution in [3.8, 4) is 5.75 Å². The summed E-state index contributed by atoms with van der Waals surface area (Å²) in [5.74, 6) is -0.730. The first-order valence-electron chi connectivity index (χ1n) is 10.1. The molecule has 1 saturated carbocycles. The second kappa shape index (κ2) is 8.55. The highest BCUT2D eigenvalue weighted by Crippen LogP contribution is 2.38. The van der Waals surface area contributed by atoms with Crippen LogP contribution in [0.25, 0.3) is 0 Å². The average molecular weight is 417 g/mol. The third-order valence-corrected chi connectivity index (χ3v) is 5.28. The lowest BCUT2D eigenvalue weighted by molar-refractivity contribution is 0.0475. The summed E-state index contributed by atoms with van der Waals surface area (Å²) < 4.78 is 7.49. The van der Waals surface area contributed by atoms with Gasteiger partial charge in [0.2, 0.25) is 5.78 Å². The van der Waals surface area contributed by atoms with Gasteiger partial charge < -0.3 is 14.4 Å². The van der Waals surface area contributed by atoms with E-state index < -0.39 is 5.97 Å². The number of phenolic OH excluding ortho intramolecular Hbond substituents is 1. The molecular formula is C24H23N3O4. The molecule has 0 bridgehead atoms. The largest absolute Gasteiger partial charge is 0.508 e. The second-order valence-corrected chi connectivity index (χ2v) is 7.62. The molecule has 0 amide bonds. The van der Waals surface area contributed by atoms with E-state index in [4.69, 9.17) is 4.74 Å². The molecule has 158 valence electrons. The van der Waals surface area contributed by atoms with Gasteiger partial charge in [0.1, 0.15) is 11.4 Å². The van der Waals surface area contributed by atoms with E-state index in [1.165, 1.54) is 12.1 Å². The highest BCUT2D eigenvalue weighted by Gasteiger charge is 2.28. The quantitative estimate of drug-likeness (QED) is 0.308. The number of phenols is 1. The third kappa shape index (κ3) is 4.55. The summed E-state index contributed by atoms with van der Waals surface area (Å²) in [4.78, 5) is 25.3. The summed E-state index contributed by atoms with van der Waals surface area (Å²) in [7, 11) is 0. The number of carbonyl (C=O) groups excluding carboxylic acids is 2. The van der Waals surface area contributed by atoms with Gasteiger partial charge in [0.05, 0.1) is 11.3 Å². The van der Waals surface area contributed by atoms with Crippen molar-refractivity contribution in [2.45, 2.75) is 32.7 Å². The van der Waals surface area contributed by atoms with Gasteiger partial charge in [-0.1, -0.05) is 12.1 Å². The van der Waals surface area contributed by atoms with Crippen LogP contribution in [-0.4, -0.2) is 28.0 Å².